The van der Waals surface area contributed by atoms with E-state index in [0.29, 0.717) is 13.2 Å². The Bertz CT molecular complexity index is 128. The van der Waals surface area contributed by atoms with Crippen molar-refractivity contribution in [3.05, 3.63) is 0 Å². The van der Waals surface area contributed by atoms with Crippen LogP contribution in [-0.2, 0) is 23.7 Å². The van der Waals surface area contributed by atoms with Crippen molar-refractivity contribution in [2.24, 2.45) is 0 Å². The van der Waals surface area contributed by atoms with Gasteiger partial charge in [0.25, 0.3) is 0 Å². The molecule has 0 rings (SSSR count). The van der Waals surface area contributed by atoms with Crippen molar-refractivity contribution in [1.82, 2.24) is 0 Å². The number of ether oxygens (including phenoxy) is 5. The normalized spacial score (nSPS) is 14.8. The van der Waals surface area contributed by atoms with Crippen LogP contribution in [0.4, 0.5) is 0 Å². The Morgan fingerprint density at radius 2 is 1.18 bits per heavy atom. The molecule has 0 saturated carbocycles. The van der Waals surface area contributed by atoms with Gasteiger partial charge in [0.2, 0.25) is 0 Å². The molecule has 0 aromatic heterocycles. The van der Waals surface area contributed by atoms with Crippen LogP contribution in [0.1, 0.15) is 0 Å². The van der Waals surface area contributed by atoms with Gasteiger partial charge in [0.1, 0.15) is 25.8 Å². The van der Waals surface area contributed by atoms with E-state index in [0.717, 1.165) is 0 Å². The van der Waals surface area contributed by atoms with E-state index >= 15 is 0 Å². The topological polar surface area (TPSA) is 86.6 Å². The van der Waals surface area contributed by atoms with Crippen LogP contribution in [-0.4, -0.2) is 76.7 Å². The van der Waals surface area contributed by atoms with E-state index < -0.39 is 0 Å². The molecule has 0 aliphatic carbocycles. The Labute approximate surface area is 101 Å². The first-order chi connectivity index (χ1) is 8.28. The fourth-order valence-electron chi connectivity index (χ4n) is 1.20. The highest BCUT2D eigenvalue weighted by Crippen LogP contribution is 1.98. The molecule has 0 aliphatic rings. The summed E-state index contributed by atoms with van der Waals surface area (Å²) in [6, 6.07) is 0. The number of aliphatic hydroxyl groups is 2. The van der Waals surface area contributed by atoms with Crippen LogP contribution < -0.4 is 0 Å². The lowest BCUT2D eigenvalue weighted by atomic mass is 10.4. The minimum absolute atomic E-state index is 0.267. The van der Waals surface area contributed by atoms with Crippen LogP contribution in [0.15, 0.2) is 0 Å². The number of methoxy groups -OCH3 is 2. The first-order valence-corrected chi connectivity index (χ1v) is 5.29. The molecule has 2 atom stereocenters. The van der Waals surface area contributed by atoms with Crippen LogP contribution >= 0.6 is 0 Å². The van der Waals surface area contributed by atoms with E-state index in [1.165, 1.54) is 14.2 Å². The summed E-state index contributed by atoms with van der Waals surface area (Å²) in [5, 5.41) is 17.3. The lowest BCUT2D eigenvalue weighted by Gasteiger charge is -2.19. The third kappa shape index (κ3) is 9.42. The molecular formula is C10H22O7. The monoisotopic (exact) mass is 254 g/mol. The first-order valence-electron chi connectivity index (χ1n) is 5.29. The van der Waals surface area contributed by atoms with Crippen LogP contribution in [0, 0.1) is 0 Å². The van der Waals surface area contributed by atoms with Crippen molar-refractivity contribution in [1.29, 1.82) is 0 Å². The average Bonchev–Trinajstić information content (AvgIpc) is 2.30. The van der Waals surface area contributed by atoms with Gasteiger partial charge in [-0.05, 0) is 0 Å². The fraction of sp³-hybridized carbons (Fsp3) is 1.00. The summed E-state index contributed by atoms with van der Waals surface area (Å²) in [5.74, 6) is 0. The van der Waals surface area contributed by atoms with Gasteiger partial charge in [-0.3, -0.25) is 0 Å². The zero-order valence-electron chi connectivity index (χ0n) is 10.3. The highest BCUT2D eigenvalue weighted by atomic mass is 16.6. The summed E-state index contributed by atoms with van der Waals surface area (Å²) in [6.45, 7) is 0.428. The van der Waals surface area contributed by atoms with Crippen molar-refractivity contribution in [2.45, 2.75) is 12.2 Å². The summed E-state index contributed by atoms with van der Waals surface area (Å²) < 4.78 is 25.1. The maximum atomic E-state index is 8.63. The van der Waals surface area contributed by atoms with Gasteiger partial charge in [-0.2, -0.15) is 0 Å². The van der Waals surface area contributed by atoms with Gasteiger partial charge < -0.3 is 33.9 Å². The zero-order valence-corrected chi connectivity index (χ0v) is 10.3. The Morgan fingerprint density at radius 3 is 1.47 bits per heavy atom. The van der Waals surface area contributed by atoms with Gasteiger partial charge in [-0.1, -0.05) is 0 Å². The SMILES string of the molecule is COCC(COCC(COC)OCO)OCO. The number of hydrogen-bond acceptors (Lipinski definition) is 7. The van der Waals surface area contributed by atoms with Crippen LogP contribution in [0.2, 0.25) is 0 Å². The van der Waals surface area contributed by atoms with E-state index in [1.54, 1.807) is 0 Å². The molecular weight excluding hydrogens is 232 g/mol. The Balaban J connectivity index is 3.73. The van der Waals surface area contributed by atoms with Gasteiger partial charge in [-0.15, -0.1) is 0 Å². The molecule has 7 nitrogen and oxygen atoms in total. The van der Waals surface area contributed by atoms with Gasteiger partial charge in [0.05, 0.1) is 26.4 Å². The van der Waals surface area contributed by atoms with Crippen molar-refractivity contribution >= 4 is 0 Å². The van der Waals surface area contributed by atoms with Crippen molar-refractivity contribution in [3.8, 4) is 0 Å². The molecule has 0 spiro atoms. The minimum atomic E-state index is -0.383. The summed E-state index contributed by atoms with van der Waals surface area (Å²) in [4.78, 5) is 0. The molecule has 0 heterocycles. The van der Waals surface area contributed by atoms with Gasteiger partial charge in [0.15, 0.2) is 0 Å². The molecule has 0 aromatic rings. The van der Waals surface area contributed by atoms with E-state index in [4.69, 9.17) is 33.9 Å². The quantitative estimate of drug-likeness (QED) is 0.430. The highest BCUT2D eigenvalue weighted by molar-refractivity contribution is 4.58. The van der Waals surface area contributed by atoms with Crippen molar-refractivity contribution in [2.75, 3.05) is 54.2 Å². The number of hydrogen-bond donors (Lipinski definition) is 2. The molecule has 0 fully saturated rings. The number of aliphatic hydroxyl groups excluding tert-OH is 2. The first kappa shape index (κ1) is 16.7. The van der Waals surface area contributed by atoms with E-state index in [1.807, 2.05) is 0 Å². The van der Waals surface area contributed by atoms with Crippen LogP contribution in [0.5, 0.6) is 0 Å². The summed E-state index contributed by atoms with van der Waals surface area (Å²) in [5.41, 5.74) is 0. The Morgan fingerprint density at radius 1 is 0.765 bits per heavy atom. The Kier molecular flexibility index (Phi) is 12.0. The molecule has 0 saturated heterocycles. The smallest absolute Gasteiger partial charge is 0.144 e. The average molecular weight is 254 g/mol. The maximum absolute atomic E-state index is 8.63. The van der Waals surface area contributed by atoms with E-state index in [-0.39, 0.29) is 39.0 Å². The molecule has 104 valence electrons. The zero-order chi connectivity index (χ0) is 12.9. The van der Waals surface area contributed by atoms with E-state index in [2.05, 4.69) is 0 Å². The lowest BCUT2D eigenvalue weighted by molar-refractivity contribution is -0.132. The molecule has 7 heteroatoms. The second kappa shape index (κ2) is 12.2. The third-order valence-electron chi connectivity index (χ3n) is 1.93. The van der Waals surface area contributed by atoms with Crippen LogP contribution in [0.25, 0.3) is 0 Å². The van der Waals surface area contributed by atoms with Gasteiger partial charge in [-0.25, -0.2) is 0 Å². The lowest BCUT2D eigenvalue weighted by Crippen LogP contribution is -2.30. The molecule has 0 radical (unpaired) electrons. The predicted molar refractivity (Wildman–Crippen MR) is 58.5 cm³/mol. The second-order valence-corrected chi connectivity index (χ2v) is 3.28. The maximum Gasteiger partial charge on any atom is 0.144 e. The molecule has 2 unspecified atom stereocenters. The highest BCUT2D eigenvalue weighted by Gasteiger charge is 2.12. The largest absolute Gasteiger partial charge is 0.382 e. The molecule has 2 N–H and O–H groups in total. The van der Waals surface area contributed by atoms with Crippen molar-refractivity contribution in [3.63, 3.8) is 0 Å². The standard InChI is InChI=1S/C10H22O7/c1-13-3-9(16-7-11)5-15-6-10(4-14-2)17-8-12/h9-12H,3-8H2,1-2H3. The molecule has 0 amide bonds. The fourth-order valence-corrected chi connectivity index (χ4v) is 1.20. The second-order valence-electron chi connectivity index (χ2n) is 3.28. The van der Waals surface area contributed by atoms with Gasteiger partial charge in [0, 0.05) is 14.2 Å². The summed E-state index contributed by atoms with van der Waals surface area (Å²) in [6.07, 6.45) is -0.662. The molecule has 17 heavy (non-hydrogen) atoms. The molecule has 0 bridgehead atoms. The molecule has 0 aromatic carbocycles. The molecule has 0 aliphatic heterocycles. The van der Waals surface area contributed by atoms with Crippen molar-refractivity contribution < 1.29 is 33.9 Å². The van der Waals surface area contributed by atoms with E-state index in [9.17, 15) is 0 Å². The Hall–Kier alpha value is -0.280. The van der Waals surface area contributed by atoms with Crippen LogP contribution in [0.3, 0.4) is 0 Å². The minimum Gasteiger partial charge on any atom is -0.382 e. The third-order valence-corrected chi connectivity index (χ3v) is 1.93. The van der Waals surface area contributed by atoms with Gasteiger partial charge >= 0.3 is 0 Å². The summed E-state index contributed by atoms with van der Waals surface area (Å²) >= 11 is 0. The number of rotatable bonds is 12. The summed E-state index contributed by atoms with van der Waals surface area (Å²) in [7, 11) is 3.08. The predicted octanol–water partition coefficient (Wildman–Crippen LogP) is -1.03.